The highest BCUT2D eigenvalue weighted by Gasteiger charge is 2.34. The number of fused-ring (bicyclic) bond motifs is 1. The monoisotopic (exact) mass is 367 g/mol. The highest BCUT2D eigenvalue weighted by molar-refractivity contribution is 5.98. The fourth-order valence-corrected chi connectivity index (χ4v) is 3.74. The number of carbonyl (C=O) groups excluding carboxylic acids is 3. The molecule has 3 amide bonds. The van der Waals surface area contributed by atoms with Crippen LogP contribution in [0.5, 0.6) is 0 Å². The van der Waals surface area contributed by atoms with Crippen LogP contribution >= 0.6 is 0 Å². The van der Waals surface area contributed by atoms with Crippen LogP contribution in [0.2, 0.25) is 0 Å². The minimum atomic E-state index is -0.380. The van der Waals surface area contributed by atoms with Crippen molar-refractivity contribution in [2.24, 2.45) is 5.92 Å². The smallest absolute Gasteiger partial charge is 0.229 e. The van der Waals surface area contributed by atoms with E-state index in [-0.39, 0.29) is 30.1 Å². The van der Waals surface area contributed by atoms with Crippen LogP contribution in [0.1, 0.15) is 24.7 Å². The van der Waals surface area contributed by atoms with Crippen LogP contribution < -0.4 is 10.2 Å². The lowest BCUT2D eigenvalue weighted by molar-refractivity contribution is -0.128. The van der Waals surface area contributed by atoms with Crippen molar-refractivity contribution in [2.75, 3.05) is 23.3 Å². The van der Waals surface area contributed by atoms with Crippen molar-refractivity contribution in [2.45, 2.75) is 26.3 Å². The van der Waals surface area contributed by atoms with Crippen molar-refractivity contribution in [3.63, 3.8) is 0 Å². The molecule has 7 nitrogen and oxygen atoms in total. The van der Waals surface area contributed by atoms with Crippen molar-refractivity contribution >= 4 is 29.1 Å². The van der Waals surface area contributed by atoms with E-state index in [1.165, 1.54) is 0 Å². The molecule has 4 rings (SSSR count). The molecular formula is C20H21N3O4. The molecule has 0 spiro atoms. The number of hydrogen-bond donors (Lipinski definition) is 1. The average Bonchev–Trinajstić information content (AvgIpc) is 3.35. The molecule has 1 aromatic heterocycles. The van der Waals surface area contributed by atoms with Crippen LogP contribution in [0.3, 0.4) is 0 Å². The maximum atomic E-state index is 12.6. The number of likely N-dealkylation sites (tertiary alicyclic amines) is 1. The van der Waals surface area contributed by atoms with Crippen LogP contribution in [-0.2, 0) is 27.3 Å². The van der Waals surface area contributed by atoms with Crippen LogP contribution in [0.4, 0.5) is 11.4 Å². The van der Waals surface area contributed by atoms with Gasteiger partial charge in [0.15, 0.2) is 0 Å². The maximum absolute atomic E-state index is 12.6. The van der Waals surface area contributed by atoms with Crippen molar-refractivity contribution in [3.05, 3.63) is 47.9 Å². The van der Waals surface area contributed by atoms with Gasteiger partial charge in [-0.05, 0) is 42.3 Å². The third-order valence-corrected chi connectivity index (χ3v) is 5.13. The number of nitrogens with zero attached hydrogens (tertiary/aromatic N) is 2. The Balaban J connectivity index is 1.40. The molecule has 3 heterocycles. The van der Waals surface area contributed by atoms with Gasteiger partial charge >= 0.3 is 0 Å². The van der Waals surface area contributed by atoms with Crippen molar-refractivity contribution in [1.29, 1.82) is 0 Å². The molecule has 1 fully saturated rings. The fourth-order valence-electron chi connectivity index (χ4n) is 3.74. The Morgan fingerprint density at radius 1 is 1.30 bits per heavy atom. The van der Waals surface area contributed by atoms with Gasteiger partial charge in [-0.15, -0.1) is 0 Å². The van der Waals surface area contributed by atoms with Gasteiger partial charge in [0.2, 0.25) is 17.7 Å². The molecule has 0 saturated carbocycles. The van der Waals surface area contributed by atoms with Gasteiger partial charge in [-0.2, -0.15) is 0 Å². The Hall–Kier alpha value is -3.09. The van der Waals surface area contributed by atoms with Crippen LogP contribution in [-0.4, -0.2) is 35.7 Å². The van der Waals surface area contributed by atoms with Crippen molar-refractivity contribution in [1.82, 2.24) is 4.90 Å². The zero-order chi connectivity index (χ0) is 19.0. The minimum absolute atomic E-state index is 0.0200. The summed E-state index contributed by atoms with van der Waals surface area (Å²) in [5.41, 5.74) is 2.65. The number of furan rings is 1. The van der Waals surface area contributed by atoms with Gasteiger partial charge < -0.3 is 19.5 Å². The Labute approximate surface area is 156 Å². The molecule has 2 aliphatic rings. The lowest BCUT2D eigenvalue weighted by Gasteiger charge is -2.16. The van der Waals surface area contributed by atoms with E-state index in [0.717, 1.165) is 17.7 Å². The van der Waals surface area contributed by atoms with Crippen molar-refractivity contribution in [3.8, 4) is 0 Å². The molecule has 0 aliphatic carbocycles. The number of nitrogens with one attached hydrogen (secondary N) is 1. The van der Waals surface area contributed by atoms with E-state index in [0.29, 0.717) is 31.1 Å². The Morgan fingerprint density at radius 3 is 2.89 bits per heavy atom. The van der Waals surface area contributed by atoms with E-state index < -0.39 is 0 Å². The Morgan fingerprint density at radius 2 is 2.15 bits per heavy atom. The van der Waals surface area contributed by atoms with E-state index in [9.17, 15) is 14.4 Å². The van der Waals surface area contributed by atoms with Crippen LogP contribution in [0.15, 0.2) is 41.0 Å². The summed E-state index contributed by atoms with van der Waals surface area (Å²) in [6.07, 6.45) is 2.55. The Kier molecular flexibility index (Phi) is 4.43. The highest BCUT2D eigenvalue weighted by Crippen LogP contribution is 2.31. The first kappa shape index (κ1) is 17.3. The second kappa shape index (κ2) is 6.90. The predicted octanol–water partition coefficient (Wildman–Crippen LogP) is 2.18. The normalized spacial score (nSPS) is 18.7. The molecule has 2 aromatic rings. The molecule has 1 atom stereocenters. The van der Waals surface area contributed by atoms with Gasteiger partial charge in [0.1, 0.15) is 5.76 Å². The molecule has 140 valence electrons. The second-order valence-corrected chi connectivity index (χ2v) is 7.01. The van der Waals surface area contributed by atoms with Crippen molar-refractivity contribution < 1.29 is 18.8 Å². The predicted molar refractivity (Wildman–Crippen MR) is 99.0 cm³/mol. The maximum Gasteiger partial charge on any atom is 0.229 e. The largest absolute Gasteiger partial charge is 0.467 e. The molecule has 7 heteroatoms. The van der Waals surface area contributed by atoms with Gasteiger partial charge in [-0.25, -0.2) is 0 Å². The first-order chi connectivity index (χ1) is 13.0. The van der Waals surface area contributed by atoms with Gasteiger partial charge in [0.05, 0.1) is 18.7 Å². The quantitative estimate of drug-likeness (QED) is 0.898. The van der Waals surface area contributed by atoms with Crippen LogP contribution in [0.25, 0.3) is 0 Å². The molecule has 1 aromatic carbocycles. The molecule has 0 bridgehead atoms. The van der Waals surface area contributed by atoms with Gasteiger partial charge in [0.25, 0.3) is 0 Å². The van der Waals surface area contributed by atoms with E-state index in [2.05, 4.69) is 5.32 Å². The van der Waals surface area contributed by atoms with Gasteiger partial charge in [-0.3, -0.25) is 14.4 Å². The van der Waals surface area contributed by atoms with Gasteiger partial charge in [0, 0.05) is 37.8 Å². The zero-order valence-corrected chi connectivity index (χ0v) is 15.1. The Bertz CT molecular complexity index is 891. The number of amides is 3. The first-order valence-electron chi connectivity index (χ1n) is 9.03. The van der Waals surface area contributed by atoms with E-state index in [4.69, 9.17) is 4.42 Å². The van der Waals surface area contributed by atoms with E-state index >= 15 is 0 Å². The molecular weight excluding hydrogens is 346 g/mol. The average molecular weight is 367 g/mol. The number of hydrogen-bond acceptors (Lipinski definition) is 4. The molecule has 0 radical (unpaired) electrons. The third-order valence-electron chi connectivity index (χ3n) is 5.13. The molecule has 1 saturated heterocycles. The summed E-state index contributed by atoms with van der Waals surface area (Å²) in [5, 5.41) is 2.91. The molecule has 1 unspecified atom stereocenters. The topological polar surface area (TPSA) is 82.9 Å². The fraction of sp³-hybridized carbons (Fsp3) is 0.350. The molecule has 27 heavy (non-hydrogen) atoms. The SMILES string of the molecule is CC(=O)N1CCc2cc(NC(=O)C3CC(=O)N(Cc4ccco4)C3)ccc21. The summed E-state index contributed by atoms with van der Waals surface area (Å²) in [5.74, 6) is 0.142. The number of carbonyl (C=O) groups is 3. The molecule has 1 N–H and O–H groups in total. The highest BCUT2D eigenvalue weighted by atomic mass is 16.3. The lowest BCUT2D eigenvalue weighted by atomic mass is 10.1. The van der Waals surface area contributed by atoms with E-state index in [1.54, 1.807) is 35.1 Å². The summed E-state index contributed by atoms with van der Waals surface area (Å²) < 4.78 is 5.28. The summed E-state index contributed by atoms with van der Waals surface area (Å²) >= 11 is 0. The summed E-state index contributed by atoms with van der Waals surface area (Å²) in [6, 6.07) is 9.17. The summed E-state index contributed by atoms with van der Waals surface area (Å²) in [6.45, 7) is 2.99. The third kappa shape index (κ3) is 3.45. The second-order valence-electron chi connectivity index (χ2n) is 7.01. The van der Waals surface area contributed by atoms with Crippen LogP contribution in [0, 0.1) is 5.92 Å². The number of rotatable bonds is 4. The first-order valence-corrected chi connectivity index (χ1v) is 9.03. The minimum Gasteiger partial charge on any atom is -0.467 e. The standard InChI is InChI=1S/C20H21N3O4/c1-13(24)23-7-6-14-9-16(4-5-18(14)23)21-20(26)15-10-19(25)22(11-15)12-17-3-2-8-27-17/h2-5,8-9,15H,6-7,10-12H2,1H3,(H,21,26). The van der Waals surface area contributed by atoms with E-state index in [1.807, 2.05) is 18.2 Å². The summed E-state index contributed by atoms with van der Waals surface area (Å²) in [4.78, 5) is 39.8. The summed E-state index contributed by atoms with van der Waals surface area (Å²) in [7, 11) is 0. The lowest BCUT2D eigenvalue weighted by Crippen LogP contribution is -2.28. The van der Waals surface area contributed by atoms with Gasteiger partial charge in [-0.1, -0.05) is 0 Å². The molecule has 2 aliphatic heterocycles. The number of anilines is 2. The zero-order valence-electron chi connectivity index (χ0n) is 15.1. The number of benzene rings is 1.